The SMILES string of the molecule is Cc1ccc(C=CC(=O)N2CCCC2c2ccccc2)cc1. The van der Waals surface area contributed by atoms with Crippen LogP contribution in [0.15, 0.2) is 60.7 Å². The molecular weight excluding hydrogens is 270 g/mol. The number of amides is 1. The van der Waals surface area contributed by atoms with Crippen LogP contribution < -0.4 is 0 Å². The molecule has 112 valence electrons. The van der Waals surface area contributed by atoms with Crippen LogP contribution >= 0.6 is 0 Å². The molecule has 1 atom stereocenters. The van der Waals surface area contributed by atoms with Gasteiger partial charge in [0, 0.05) is 12.6 Å². The molecular formula is C20H21NO. The van der Waals surface area contributed by atoms with Gasteiger partial charge in [-0.1, -0.05) is 60.2 Å². The lowest BCUT2D eigenvalue weighted by Crippen LogP contribution is -2.28. The summed E-state index contributed by atoms with van der Waals surface area (Å²) in [5, 5.41) is 0. The van der Waals surface area contributed by atoms with Crippen LogP contribution in [0.5, 0.6) is 0 Å². The van der Waals surface area contributed by atoms with E-state index in [1.54, 1.807) is 6.08 Å². The third kappa shape index (κ3) is 3.28. The Hall–Kier alpha value is -2.35. The van der Waals surface area contributed by atoms with Crippen LogP contribution in [0.3, 0.4) is 0 Å². The average molecular weight is 291 g/mol. The second-order valence-corrected chi connectivity index (χ2v) is 5.84. The van der Waals surface area contributed by atoms with E-state index in [9.17, 15) is 4.79 Å². The summed E-state index contributed by atoms with van der Waals surface area (Å²) in [4.78, 5) is 14.5. The van der Waals surface area contributed by atoms with Crippen molar-refractivity contribution in [3.63, 3.8) is 0 Å². The van der Waals surface area contributed by atoms with Gasteiger partial charge in [-0.05, 0) is 37.0 Å². The van der Waals surface area contributed by atoms with Gasteiger partial charge in [0.15, 0.2) is 0 Å². The quantitative estimate of drug-likeness (QED) is 0.769. The minimum atomic E-state index is 0.104. The van der Waals surface area contributed by atoms with Crippen molar-refractivity contribution in [2.45, 2.75) is 25.8 Å². The Labute approximate surface area is 132 Å². The Morgan fingerprint density at radius 1 is 1.09 bits per heavy atom. The Morgan fingerprint density at radius 2 is 1.82 bits per heavy atom. The number of carbonyl (C=O) groups excluding carboxylic acids is 1. The van der Waals surface area contributed by atoms with Crippen molar-refractivity contribution in [1.29, 1.82) is 0 Å². The van der Waals surface area contributed by atoms with Gasteiger partial charge in [-0.25, -0.2) is 0 Å². The second kappa shape index (κ2) is 6.61. The predicted octanol–water partition coefficient (Wildman–Crippen LogP) is 4.37. The lowest BCUT2D eigenvalue weighted by molar-refractivity contribution is -0.126. The molecule has 2 aromatic rings. The molecule has 0 aliphatic carbocycles. The van der Waals surface area contributed by atoms with Gasteiger partial charge in [-0.2, -0.15) is 0 Å². The molecule has 1 amide bonds. The number of nitrogens with zero attached hydrogens (tertiary/aromatic N) is 1. The van der Waals surface area contributed by atoms with Gasteiger partial charge < -0.3 is 4.90 Å². The molecule has 0 spiro atoms. The number of likely N-dealkylation sites (tertiary alicyclic amines) is 1. The van der Waals surface area contributed by atoms with Crippen LogP contribution in [0.4, 0.5) is 0 Å². The van der Waals surface area contributed by atoms with Gasteiger partial charge in [-0.3, -0.25) is 4.79 Å². The van der Waals surface area contributed by atoms with E-state index in [0.29, 0.717) is 0 Å². The van der Waals surface area contributed by atoms with E-state index in [1.165, 1.54) is 11.1 Å². The second-order valence-electron chi connectivity index (χ2n) is 5.84. The molecule has 1 heterocycles. The molecule has 2 heteroatoms. The first-order valence-electron chi connectivity index (χ1n) is 7.84. The third-order valence-corrected chi connectivity index (χ3v) is 4.22. The van der Waals surface area contributed by atoms with Gasteiger partial charge in [0.1, 0.15) is 0 Å². The highest BCUT2D eigenvalue weighted by atomic mass is 16.2. The molecule has 22 heavy (non-hydrogen) atoms. The van der Waals surface area contributed by atoms with Gasteiger partial charge in [-0.15, -0.1) is 0 Å². The third-order valence-electron chi connectivity index (χ3n) is 4.22. The van der Waals surface area contributed by atoms with Gasteiger partial charge >= 0.3 is 0 Å². The summed E-state index contributed by atoms with van der Waals surface area (Å²) in [6, 6.07) is 18.7. The van der Waals surface area contributed by atoms with Crippen molar-refractivity contribution >= 4 is 12.0 Å². The summed E-state index contributed by atoms with van der Waals surface area (Å²) in [5.74, 6) is 0.104. The zero-order valence-corrected chi connectivity index (χ0v) is 12.9. The predicted molar refractivity (Wildman–Crippen MR) is 90.3 cm³/mol. The van der Waals surface area contributed by atoms with E-state index >= 15 is 0 Å². The molecule has 1 saturated heterocycles. The number of benzene rings is 2. The number of rotatable bonds is 3. The number of hydrogen-bond donors (Lipinski definition) is 0. The van der Waals surface area contributed by atoms with Crippen molar-refractivity contribution < 1.29 is 4.79 Å². The van der Waals surface area contributed by atoms with Crippen molar-refractivity contribution in [1.82, 2.24) is 4.90 Å². The number of carbonyl (C=O) groups is 1. The smallest absolute Gasteiger partial charge is 0.247 e. The van der Waals surface area contributed by atoms with Crippen LogP contribution in [-0.4, -0.2) is 17.4 Å². The van der Waals surface area contributed by atoms with Crippen molar-refractivity contribution in [3.8, 4) is 0 Å². The lowest BCUT2D eigenvalue weighted by atomic mass is 10.0. The normalized spacial score (nSPS) is 18.0. The van der Waals surface area contributed by atoms with E-state index in [1.807, 2.05) is 41.3 Å². The summed E-state index contributed by atoms with van der Waals surface area (Å²) in [6.45, 7) is 2.91. The summed E-state index contributed by atoms with van der Waals surface area (Å²) in [5.41, 5.74) is 3.53. The fourth-order valence-electron chi connectivity index (χ4n) is 2.99. The maximum absolute atomic E-state index is 12.5. The summed E-state index contributed by atoms with van der Waals surface area (Å²) in [6.07, 6.45) is 5.73. The molecule has 0 saturated carbocycles. The molecule has 0 radical (unpaired) electrons. The highest BCUT2D eigenvalue weighted by Crippen LogP contribution is 2.31. The van der Waals surface area contributed by atoms with Crippen LogP contribution in [0.1, 0.15) is 35.6 Å². The van der Waals surface area contributed by atoms with Crippen molar-refractivity contribution in [3.05, 3.63) is 77.4 Å². The topological polar surface area (TPSA) is 20.3 Å². The summed E-state index contributed by atoms with van der Waals surface area (Å²) in [7, 11) is 0. The zero-order chi connectivity index (χ0) is 15.4. The Bertz CT molecular complexity index is 658. The first-order valence-corrected chi connectivity index (χ1v) is 7.84. The van der Waals surface area contributed by atoms with Gasteiger partial charge in [0.2, 0.25) is 5.91 Å². The van der Waals surface area contributed by atoms with E-state index < -0.39 is 0 Å². The minimum absolute atomic E-state index is 0.104. The van der Waals surface area contributed by atoms with Crippen LogP contribution in [-0.2, 0) is 4.79 Å². The Morgan fingerprint density at radius 3 is 2.55 bits per heavy atom. The molecule has 1 aliphatic rings. The average Bonchev–Trinajstić information content (AvgIpc) is 3.04. The molecule has 0 bridgehead atoms. The monoisotopic (exact) mass is 291 g/mol. The maximum Gasteiger partial charge on any atom is 0.247 e. The van der Waals surface area contributed by atoms with Crippen LogP contribution in [0, 0.1) is 6.92 Å². The molecule has 0 aromatic heterocycles. The van der Waals surface area contributed by atoms with Crippen molar-refractivity contribution in [2.24, 2.45) is 0 Å². The first kappa shape index (κ1) is 14.6. The standard InChI is InChI=1S/C20H21NO/c1-16-9-11-17(12-10-16)13-14-20(22)21-15-5-8-19(21)18-6-3-2-4-7-18/h2-4,6-7,9-14,19H,5,8,15H2,1H3. The Balaban J connectivity index is 1.72. The van der Waals surface area contributed by atoms with E-state index in [-0.39, 0.29) is 11.9 Å². The molecule has 0 N–H and O–H groups in total. The molecule has 1 fully saturated rings. The van der Waals surface area contributed by atoms with Gasteiger partial charge in [0.05, 0.1) is 6.04 Å². The van der Waals surface area contributed by atoms with Gasteiger partial charge in [0.25, 0.3) is 0 Å². The molecule has 2 aromatic carbocycles. The minimum Gasteiger partial charge on any atom is -0.332 e. The zero-order valence-electron chi connectivity index (χ0n) is 12.9. The fourth-order valence-corrected chi connectivity index (χ4v) is 2.99. The highest BCUT2D eigenvalue weighted by molar-refractivity contribution is 5.92. The van der Waals surface area contributed by atoms with E-state index in [2.05, 4.69) is 31.2 Å². The first-order chi connectivity index (χ1) is 10.7. The van der Waals surface area contributed by atoms with E-state index in [0.717, 1.165) is 24.9 Å². The lowest BCUT2D eigenvalue weighted by Gasteiger charge is -2.23. The van der Waals surface area contributed by atoms with E-state index in [4.69, 9.17) is 0 Å². The largest absolute Gasteiger partial charge is 0.332 e. The van der Waals surface area contributed by atoms with Crippen LogP contribution in [0.25, 0.3) is 6.08 Å². The van der Waals surface area contributed by atoms with Crippen molar-refractivity contribution in [2.75, 3.05) is 6.54 Å². The number of hydrogen-bond acceptors (Lipinski definition) is 1. The fraction of sp³-hybridized carbons (Fsp3) is 0.250. The Kier molecular flexibility index (Phi) is 4.38. The molecule has 1 aliphatic heterocycles. The number of aryl methyl sites for hydroxylation is 1. The summed E-state index contributed by atoms with van der Waals surface area (Å²) < 4.78 is 0. The maximum atomic E-state index is 12.5. The highest BCUT2D eigenvalue weighted by Gasteiger charge is 2.28. The van der Waals surface area contributed by atoms with Crippen LogP contribution in [0.2, 0.25) is 0 Å². The summed E-state index contributed by atoms with van der Waals surface area (Å²) >= 11 is 0. The molecule has 2 nitrogen and oxygen atoms in total. The molecule has 1 unspecified atom stereocenters. The molecule has 3 rings (SSSR count).